The molecule has 0 bridgehead atoms. The third-order valence-corrected chi connectivity index (χ3v) is 3.38. The molecule has 1 aliphatic heterocycles. The maximum atomic E-state index is 5.43. The number of hydrogen-bond donors (Lipinski definition) is 0. The van der Waals surface area contributed by atoms with E-state index in [0.29, 0.717) is 5.92 Å². The Kier molecular flexibility index (Phi) is 7.68. The molecular weight excluding hydrogens is 262 g/mol. The van der Waals surface area contributed by atoms with Crippen molar-refractivity contribution in [2.24, 2.45) is 0 Å². The van der Waals surface area contributed by atoms with Gasteiger partial charge in [0.1, 0.15) is 0 Å². The predicted octanol–water partition coefficient (Wildman–Crippen LogP) is 3.13. The molecule has 0 atom stereocenters. The van der Waals surface area contributed by atoms with Crippen LogP contribution in [0.15, 0.2) is 12.1 Å². The molecule has 1 fully saturated rings. The van der Waals surface area contributed by atoms with E-state index in [9.17, 15) is 0 Å². The molecule has 21 heavy (non-hydrogen) atoms. The Balaban J connectivity index is 0.00000106. The van der Waals surface area contributed by atoms with Crippen molar-refractivity contribution in [3.63, 3.8) is 0 Å². The fraction of sp³-hybridized carbons (Fsp3) is 0.706. The zero-order valence-electron chi connectivity index (χ0n) is 14.5. The first-order valence-electron chi connectivity index (χ1n) is 8.05. The Hall–Kier alpha value is -1.13. The van der Waals surface area contributed by atoms with Crippen LogP contribution in [0.3, 0.4) is 0 Å². The van der Waals surface area contributed by atoms with Crippen LogP contribution in [-0.4, -0.2) is 50.3 Å². The number of ether oxygens (including phenoxy) is 1. The van der Waals surface area contributed by atoms with Crippen LogP contribution in [0.2, 0.25) is 0 Å². The summed E-state index contributed by atoms with van der Waals surface area (Å²) < 4.78 is 5.43. The molecule has 1 saturated heterocycles. The zero-order chi connectivity index (χ0) is 15.8. The molecule has 4 nitrogen and oxygen atoms in total. The van der Waals surface area contributed by atoms with E-state index in [4.69, 9.17) is 9.72 Å². The Bertz CT molecular complexity index is 412. The fourth-order valence-corrected chi connectivity index (χ4v) is 2.34. The summed E-state index contributed by atoms with van der Waals surface area (Å²) in [7, 11) is 4.18. The van der Waals surface area contributed by atoms with Gasteiger partial charge in [0, 0.05) is 25.3 Å². The van der Waals surface area contributed by atoms with Crippen molar-refractivity contribution in [2.45, 2.75) is 40.2 Å². The molecule has 2 heterocycles. The van der Waals surface area contributed by atoms with Crippen molar-refractivity contribution in [3.05, 3.63) is 23.5 Å². The lowest BCUT2D eigenvalue weighted by atomic mass is 10.1. The highest BCUT2D eigenvalue weighted by molar-refractivity contribution is 5.51. The highest BCUT2D eigenvalue weighted by Crippen LogP contribution is 2.24. The van der Waals surface area contributed by atoms with Crippen molar-refractivity contribution < 1.29 is 4.74 Å². The van der Waals surface area contributed by atoms with Crippen molar-refractivity contribution in [1.29, 1.82) is 0 Å². The molecule has 0 N–H and O–H groups in total. The summed E-state index contributed by atoms with van der Waals surface area (Å²) in [6.07, 6.45) is 0. The predicted molar refractivity (Wildman–Crippen MR) is 90.1 cm³/mol. The quantitative estimate of drug-likeness (QED) is 0.853. The molecule has 0 saturated carbocycles. The van der Waals surface area contributed by atoms with Gasteiger partial charge in [-0.05, 0) is 32.1 Å². The molecule has 0 aromatic carbocycles. The third kappa shape index (κ3) is 5.29. The molecule has 120 valence electrons. The van der Waals surface area contributed by atoms with Crippen LogP contribution in [0.1, 0.15) is 45.0 Å². The molecule has 0 aliphatic carbocycles. The van der Waals surface area contributed by atoms with Crippen LogP contribution in [0.5, 0.6) is 0 Å². The van der Waals surface area contributed by atoms with Crippen molar-refractivity contribution in [1.82, 2.24) is 9.88 Å². The maximum absolute atomic E-state index is 5.43. The standard InChI is InChI=1S/C15H25N3O.C2H6/c1-12(2)13-5-6-15(14(16-13)11-17(3)4)18-7-9-19-10-8-18;1-2/h5-6,12H,7-11H2,1-4H3;1-2H3. The van der Waals surface area contributed by atoms with Gasteiger partial charge in [0.25, 0.3) is 0 Å². The molecule has 4 heteroatoms. The van der Waals surface area contributed by atoms with Crippen LogP contribution >= 0.6 is 0 Å². The average Bonchev–Trinajstić information content (AvgIpc) is 2.49. The summed E-state index contributed by atoms with van der Waals surface area (Å²) in [6, 6.07) is 4.39. The van der Waals surface area contributed by atoms with Gasteiger partial charge in [-0.2, -0.15) is 0 Å². The van der Waals surface area contributed by atoms with Crippen LogP contribution in [0, 0.1) is 0 Å². The molecule has 0 unspecified atom stereocenters. The summed E-state index contributed by atoms with van der Waals surface area (Å²) in [5.74, 6) is 0.472. The lowest BCUT2D eigenvalue weighted by molar-refractivity contribution is 0.122. The Morgan fingerprint density at radius 3 is 2.33 bits per heavy atom. The minimum absolute atomic E-state index is 0.472. The Morgan fingerprint density at radius 2 is 1.81 bits per heavy atom. The lowest BCUT2D eigenvalue weighted by Gasteiger charge is -2.31. The van der Waals surface area contributed by atoms with Gasteiger partial charge in [-0.15, -0.1) is 0 Å². The van der Waals surface area contributed by atoms with E-state index >= 15 is 0 Å². The molecular formula is C17H31N3O. The van der Waals surface area contributed by atoms with E-state index in [1.807, 2.05) is 13.8 Å². The first-order valence-corrected chi connectivity index (χ1v) is 8.05. The number of hydrogen-bond acceptors (Lipinski definition) is 4. The molecule has 1 aliphatic rings. The third-order valence-electron chi connectivity index (χ3n) is 3.38. The second kappa shape index (κ2) is 9.00. The Labute approximate surface area is 130 Å². The highest BCUT2D eigenvalue weighted by Gasteiger charge is 2.17. The van der Waals surface area contributed by atoms with E-state index in [1.54, 1.807) is 0 Å². The fourth-order valence-electron chi connectivity index (χ4n) is 2.34. The summed E-state index contributed by atoms with van der Waals surface area (Å²) >= 11 is 0. The summed E-state index contributed by atoms with van der Waals surface area (Å²) in [5.41, 5.74) is 3.62. The minimum Gasteiger partial charge on any atom is -0.378 e. The van der Waals surface area contributed by atoms with E-state index < -0.39 is 0 Å². The van der Waals surface area contributed by atoms with Gasteiger partial charge in [-0.25, -0.2) is 0 Å². The Morgan fingerprint density at radius 1 is 1.19 bits per heavy atom. The maximum Gasteiger partial charge on any atom is 0.0780 e. The van der Waals surface area contributed by atoms with Gasteiger partial charge >= 0.3 is 0 Å². The number of rotatable bonds is 4. The second-order valence-electron chi connectivity index (χ2n) is 5.69. The van der Waals surface area contributed by atoms with Gasteiger partial charge < -0.3 is 14.5 Å². The van der Waals surface area contributed by atoms with Gasteiger partial charge in [-0.3, -0.25) is 4.98 Å². The van der Waals surface area contributed by atoms with Crippen LogP contribution in [0.4, 0.5) is 5.69 Å². The van der Waals surface area contributed by atoms with Crippen molar-refractivity contribution in [2.75, 3.05) is 45.3 Å². The lowest BCUT2D eigenvalue weighted by Crippen LogP contribution is -2.37. The molecule has 2 rings (SSSR count). The first kappa shape index (κ1) is 17.9. The van der Waals surface area contributed by atoms with Crippen LogP contribution in [0.25, 0.3) is 0 Å². The van der Waals surface area contributed by atoms with Crippen molar-refractivity contribution >= 4 is 5.69 Å². The first-order chi connectivity index (χ1) is 10.1. The summed E-state index contributed by atoms with van der Waals surface area (Å²) in [6.45, 7) is 12.8. The van der Waals surface area contributed by atoms with Crippen LogP contribution in [-0.2, 0) is 11.3 Å². The smallest absolute Gasteiger partial charge is 0.0780 e. The van der Waals surface area contributed by atoms with E-state index in [-0.39, 0.29) is 0 Å². The molecule has 1 aromatic rings. The van der Waals surface area contributed by atoms with Crippen molar-refractivity contribution in [3.8, 4) is 0 Å². The number of nitrogens with zero attached hydrogens (tertiary/aromatic N) is 3. The molecule has 0 spiro atoms. The van der Waals surface area contributed by atoms with Gasteiger partial charge in [-0.1, -0.05) is 27.7 Å². The van der Waals surface area contributed by atoms with Crippen LogP contribution < -0.4 is 4.90 Å². The summed E-state index contributed by atoms with van der Waals surface area (Å²) in [4.78, 5) is 9.43. The highest BCUT2D eigenvalue weighted by atomic mass is 16.5. The average molecular weight is 293 g/mol. The number of morpholine rings is 1. The summed E-state index contributed by atoms with van der Waals surface area (Å²) in [5, 5.41) is 0. The largest absolute Gasteiger partial charge is 0.378 e. The van der Waals surface area contributed by atoms with E-state index in [0.717, 1.165) is 32.8 Å². The normalized spacial score (nSPS) is 15.1. The van der Waals surface area contributed by atoms with E-state index in [2.05, 4.69) is 49.9 Å². The SMILES string of the molecule is CC.CC(C)c1ccc(N2CCOCC2)c(CN(C)C)n1. The van der Waals surface area contributed by atoms with E-state index in [1.165, 1.54) is 17.1 Å². The second-order valence-corrected chi connectivity index (χ2v) is 5.69. The topological polar surface area (TPSA) is 28.6 Å². The van der Waals surface area contributed by atoms with Gasteiger partial charge in [0.2, 0.25) is 0 Å². The molecule has 1 aromatic heterocycles. The minimum atomic E-state index is 0.472. The monoisotopic (exact) mass is 293 g/mol. The number of aromatic nitrogens is 1. The zero-order valence-corrected chi connectivity index (χ0v) is 14.5. The molecule has 0 radical (unpaired) electrons. The van der Waals surface area contributed by atoms with Gasteiger partial charge in [0.15, 0.2) is 0 Å². The number of anilines is 1. The number of pyridine rings is 1. The molecule has 0 amide bonds. The van der Waals surface area contributed by atoms with Gasteiger partial charge in [0.05, 0.1) is 24.6 Å².